The molecule has 0 aliphatic heterocycles. The van der Waals surface area contributed by atoms with Crippen LogP contribution < -0.4 is 0 Å². The monoisotopic (exact) mass is 470 g/mol. The van der Waals surface area contributed by atoms with Gasteiger partial charge in [0.15, 0.2) is 0 Å². The van der Waals surface area contributed by atoms with Gasteiger partial charge in [-0.3, -0.25) is 9.78 Å². The first-order valence-electron chi connectivity index (χ1n) is 12.4. The molecule has 0 aliphatic carbocycles. The van der Waals surface area contributed by atoms with Gasteiger partial charge >= 0.3 is 11.9 Å². The molecular formula is C28H38O6. The van der Waals surface area contributed by atoms with Gasteiger partial charge in [0.05, 0.1) is 11.1 Å². The molecule has 0 fully saturated rings. The summed E-state index contributed by atoms with van der Waals surface area (Å²) in [6.45, 7) is 5.85. The molecule has 0 heterocycles. The first-order chi connectivity index (χ1) is 16.5. The summed E-state index contributed by atoms with van der Waals surface area (Å²) in [6.07, 6.45) is 9.92. The van der Waals surface area contributed by atoms with Crippen LogP contribution in [0.2, 0.25) is 0 Å². The van der Waals surface area contributed by atoms with Crippen molar-refractivity contribution in [2.24, 2.45) is 0 Å². The van der Waals surface area contributed by atoms with Crippen LogP contribution in [0.4, 0.5) is 0 Å². The average molecular weight is 471 g/mol. The first kappa shape index (κ1) is 27.5. The molecule has 0 spiro atoms. The van der Waals surface area contributed by atoms with Gasteiger partial charge in [-0.15, -0.1) is 9.78 Å². The van der Waals surface area contributed by atoms with Gasteiger partial charge in [0.25, 0.3) is 0 Å². The normalized spacial score (nSPS) is 10.9. The predicted molar refractivity (Wildman–Crippen MR) is 131 cm³/mol. The van der Waals surface area contributed by atoms with Crippen LogP contribution in [0.3, 0.4) is 0 Å². The quantitative estimate of drug-likeness (QED) is 0.110. The highest BCUT2D eigenvalue weighted by molar-refractivity contribution is 5.91. The van der Waals surface area contributed by atoms with Gasteiger partial charge in [0.2, 0.25) is 6.29 Å². The van der Waals surface area contributed by atoms with Crippen molar-refractivity contribution in [1.29, 1.82) is 0 Å². The van der Waals surface area contributed by atoms with E-state index in [4.69, 9.17) is 19.6 Å². The Balaban J connectivity index is 1.83. The lowest BCUT2D eigenvalue weighted by Crippen LogP contribution is -2.22. The standard InChI is InChI=1S/C28H38O6/c1-4-5-6-7-8-9-10-11-12-21-26(31-33-27(29)24-19-15-13-17-22(24)2)32-34-28(30)25-20-16-14-18-23(25)3/h13-20,26H,4-12,21H2,1-3H3. The summed E-state index contributed by atoms with van der Waals surface area (Å²) in [6, 6.07) is 14.1. The van der Waals surface area contributed by atoms with Gasteiger partial charge in [0.1, 0.15) is 0 Å². The number of benzene rings is 2. The molecule has 0 N–H and O–H groups in total. The van der Waals surface area contributed by atoms with E-state index < -0.39 is 18.2 Å². The fourth-order valence-corrected chi connectivity index (χ4v) is 3.62. The van der Waals surface area contributed by atoms with E-state index in [1.807, 2.05) is 38.1 Å². The molecule has 2 rings (SSSR count). The van der Waals surface area contributed by atoms with Crippen LogP contribution in [0.5, 0.6) is 0 Å². The number of aryl methyl sites for hydroxylation is 2. The fourth-order valence-electron chi connectivity index (χ4n) is 3.62. The molecule has 6 heteroatoms. The first-order valence-corrected chi connectivity index (χ1v) is 12.4. The van der Waals surface area contributed by atoms with Gasteiger partial charge in [-0.05, 0) is 43.5 Å². The SMILES string of the molecule is CCCCCCCCCCCC(OOC(=O)c1ccccc1C)OOC(=O)c1ccccc1C. The topological polar surface area (TPSA) is 71.1 Å². The number of carbonyl (C=O) groups is 2. The van der Waals surface area contributed by atoms with E-state index in [1.54, 1.807) is 24.3 Å². The van der Waals surface area contributed by atoms with E-state index in [1.165, 1.54) is 38.5 Å². The summed E-state index contributed by atoms with van der Waals surface area (Å²) in [5, 5.41) is 0. The molecule has 0 aliphatic rings. The summed E-state index contributed by atoms with van der Waals surface area (Å²) in [5.74, 6) is -1.24. The number of hydrogen-bond donors (Lipinski definition) is 0. The lowest BCUT2D eigenvalue weighted by molar-refractivity contribution is -0.421. The summed E-state index contributed by atoms with van der Waals surface area (Å²) in [4.78, 5) is 45.3. The number of unbranched alkanes of at least 4 members (excludes halogenated alkanes) is 8. The Kier molecular flexibility index (Phi) is 13.0. The summed E-state index contributed by atoms with van der Waals surface area (Å²) in [5.41, 5.74) is 2.36. The Bertz CT molecular complexity index is 817. The van der Waals surface area contributed by atoms with Crippen LogP contribution in [-0.4, -0.2) is 18.2 Å². The van der Waals surface area contributed by atoms with Crippen LogP contribution >= 0.6 is 0 Å². The Hall–Kier alpha value is -2.70. The van der Waals surface area contributed by atoms with E-state index in [-0.39, 0.29) is 0 Å². The zero-order valence-electron chi connectivity index (χ0n) is 20.7. The van der Waals surface area contributed by atoms with Crippen molar-refractivity contribution in [3.63, 3.8) is 0 Å². The molecule has 0 saturated carbocycles. The van der Waals surface area contributed by atoms with E-state index in [9.17, 15) is 9.59 Å². The summed E-state index contributed by atoms with van der Waals surface area (Å²) >= 11 is 0. The molecule has 0 bridgehead atoms. The van der Waals surface area contributed by atoms with Crippen molar-refractivity contribution in [3.05, 3.63) is 70.8 Å². The smallest absolute Gasteiger partial charge is 0.290 e. The molecule has 0 saturated heterocycles. The number of rotatable bonds is 16. The van der Waals surface area contributed by atoms with Crippen molar-refractivity contribution in [2.45, 2.75) is 91.3 Å². The Labute approximate surface area is 203 Å². The van der Waals surface area contributed by atoms with Gasteiger partial charge in [-0.1, -0.05) is 94.7 Å². The van der Waals surface area contributed by atoms with E-state index in [0.717, 1.165) is 30.4 Å². The maximum absolute atomic E-state index is 12.4. The average Bonchev–Trinajstić information content (AvgIpc) is 2.84. The highest BCUT2D eigenvalue weighted by atomic mass is 17.3. The fraction of sp³-hybridized carbons (Fsp3) is 0.500. The third-order valence-electron chi connectivity index (χ3n) is 5.74. The maximum Gasteiger partial charge on any atom is 0.373 e. The molecule has 0 atom stereocenters. The van der Waals surface area contributed by atoms with Gasteiger partial charge in [-0.25, -0.2) is 9.59 Å². The molecule has 0 amide bonds. The zero-order valence-corrected chi connectivity index (χ0v) is 20.7. The van der Waals surface area contributed by atoms with E-state index in [0.29, 0.717) is 17.5 Å². The zero-order chi connectivity index (χ0) is 24.6. The molecule has 2 aromatic carbocycles. The lowest BCUT2D eigenvalue weighted by atomic mass is 10.1. The van der Waals surface area contributed by atoms with Crippen molar-refractivity contribution < 1.29 is 29.1 Å². The van der Waals surface area contributed by atoms with Gasteiger partial charge < -0.3 is 0 Å². The molecule has 0 unspecified atom stereocenters. The van der Waals surface area contributed by atoms with Crippen molar-refractivity contribution in [1.82, 2.24) is 0 Å². The maximum atomic E-state index is 12.4. The van der Waals surface area contributed by atoms with Gasteiger partial charge in [-0.2, -0.15) is 0 Å². The molecule has 6 nitrogen and oxygen atoms in total. The highest BCUT2D eigenvalue weighted by Crippen LogP contribution is 2.16. The predicted octanol–water partition coefficient (Wildman–Crippen LogP) is 7.43. The molecule has 0 radical (unpaired) electrons. The third kappa shape index (κ3) is 10.1. The molecule has 186 valence electrons. The minimum atomic E-state index is -1.01. The lowest BCUT2D eigenvalue weighted by Gasteiger charge is -2.16. The highest BCUT2D eigenvalue weighted by Gasteiger charge is 2.20. The summed E-state index contributed by atoms with van der Waals surface area (Å²) in [7, 11) is 0. The minimum Gasteiger partial charge on any atom is -0.290 e. The van der Waals surface area contributed by atoms with Crippen LogP contribution in [0, 0.1) is 13.8 Å². The van der Waals surface area contributed by atoms with Crippen LogP contribution in [-0.2, 0) is 19.6 Å². The van der Waals surface area contributed by atoms with Crippen LogP contribution in [0.1, 0.15) is 103 Å². The molecule has 0 aromatic heterocycles. The third-order valence-corrected chi connectivity index (χ3v) is 5.74. The second-order valence-electron chi connectivity index (χ2n) is 8.61. The Morgan fingerprint density at radius 1 is 0.647 bits per heavy atom. The minimum absolute atomic E-state index is 0.404. The van der Waals surface area contributed by atoms with Crippen molar-refractivity contribution in [3.8, 4) is 0 Å². The Morgan fingerprint density at radius 3 is 1.50 bits per heavy atom. The molecular weight excluding hydrogens is 432 g/mol. The van der Waals surface area contributed by atoms with E-state index in [2.05, 4.69) is 6.92 Å². The number of hydrogen-bond acceptors (Lipinski definition) is 6. The largest absolute Gasteiger partial charge is 0.373 e. The molecule has 2 aromatic rings. The second kappa shape index (κ2) is 16.0. The van der Waals surface area contributed by atoms with Crippen LogP contribution in [0.15, 0.2) is 48.5 Å². The second-order valence-corrected chi connectivity index (χ2v) is 8.61. The molecule has 34 heavy (non-hydrogen) atoms. The van der Waals surface area contributed by atoms with Crippen molar-refractivity contribution >= 4 is 11.9 Å². The van der Waals surface area contributed by atoms with Crippen LogP contribution in [0.25, 0.3) is 0 Å². The van der Waals surface area contributed by atoms with Gasteiger partial charge in [0, 0.05) is 6.42 Å². The van der Waals surface area contributed by atoms with E-state index >= 15 is 0 Å². The van der Waals surface area contributed by atoms with Crippen molar-refractivity contribution in [2.75, 3.05) is 0 Å². The number of carbonyl (C=O) groups excluding carboxylic acids is 2. The summed E-state index contributed by atoms with van der Waals surface area (Å²) < 4.78 is 0. The Morgan fingerprint density at radius 2 is 1.06 bits per heavy atom.